The van der Waals surface area contributed by atoms with Gasteiger partial charge in [0.1, 0.15) is 0 Å². The lowest BCUT2D eigenvalue weighted by Crippen LogP contribution is -2.49. The summed E-state index contributed by atoms with van der Waals surface area (Å²) in [6.45, 7) is 2.44. The minimum atomic E-state index is -3.60. The largest absolute Gasteiger partial charge is 0.481 e. The molecule has 1 atom stereocenters. The number of carbonyl (C=O) groups excluding carboxylic acids is 1. The number of likely N-dealkylation sites (tertiary alicyclic amines) is 1. The first-order chi connectivity index (χ1) is 16.3. The van der Waals surface area contributed by atoms with Crippen molar-refractivity contribution in [3.05, 3.63) is 29.8 Å². The summed E-state index contributed by atoms with van der Waals surface area (Å²) in [5, 5.41) is 9.19. The van der Waals surface area contributed by atoms with Gasteiger partial charge in [0.15, 0.2) is 0 Å². The summed E-state index contributed by atoms with van der Waals surface area (Å²) in [4.78, 5) is 25.8. The van der Waals surface area contributed by atoms with E-state index >= 15 is 0 Å². The second kappa shape index (κ2) is 10.7. The molecule has 188 valence electrons. The van der Waals surface area contributed by atoms with Crippen molar-refractivity contribution in [1.82, 2.24) is 9.21 Å². The van der Waals surface area contributed by atoms with Gasteiger partial charge in [-0.15, -0.1) is 0 Å². The Kier molecular flexibility index (Phi) is 7.94. The second-order valence-electron chi connectivity index (χ2n) is 10.2. The van der Waals surface area contributed by atoms with Gasteiger partial charge in [-0.3, -0.25) is 9.59 Å². The third-order valence-corrected chi connectivity index (χ3v) is 10.0. The second-order valence-corrected chi connectivity index (χ2v) is 12.1. The lowest BCUT2D eigenvalue weighted by atomic mass is 9.87. The number of amides is 1. The van der Waals surface area contributed by atoms with Crippen molar-refractivity contribution >= 4 is 21.9 Å². The summed E-state index contributed by atoms with van der Waals surface area (Å²) in [7, 11) is -3.60. The van der Waals surface area contributed by atoms with Crippen LogP contribution in [0.2, 0.25) is 0 Å². The Morgan fingerprint density at radius 1 is 0.941 bits per heavy atom. The Balaban J connectivity index is 1.35. The number of rotatable bonds is 8. The summed E-state index contributed by atoms with van der Waals surface area (Å²) in [6.07, 6.45) is 8.21. The lowest BCUT2D eigenvalue weighted by molar-refractivity contribution is -0.143. The first kappa shape index (κ1) is 25.1. The predicted octanol–water partition coefficient (Wildman–Crippen LogP) is 2.79. The summed E-state index contributed by atoms with van der Waals surface area (Å²) < 4.78 is 28.0. The molecule has 1 aromatic rings. The molecule has 3 aliphatic rings. The number of primary amides is 1. The molecule has 9 heteroatoms. The molecule has 1 aromatic carbocycles. The number of nitrogens with two attached hydrogens (primary N) is 1. The molecular formula is C25H37N3O5S. The fraction of sp³-hybridized carbons (Fsp3) is 0.680. The van der Waals surface area contributed by atoms with Gasteiger partial charge in [0.05, 0.1) is 16.7 Å². The number of sulfonamides is 1. The maximum absolute atomic E-state index is 13.2. The molecule has 0 bridgehead atoms. The highest BCUT2D eigenvalue weighted by Crippen LogP contribution is 2.35. The number of aliphatic carboxylic acids is 1. The topological polar surface area (TPSA) is 121 Å². The minimum absolute atomic E-state index is 0.251. The molecule has 3 fully saturated rings. The van der Waals surface area contributed by atoms with Crippen LogP contribution in [-0.2, 0) is 19.6 Å². The molecule has 3 N–H and O–H groups in total. The van der Waals surface area contributed by atoms with Crippen LogP contribution in [0, 0.1) is 11.8 Å². The molecule has 4 rings (SSSR count). The first-order valence-electron chi connectivity index (χ1n) is 12.6. The number of hydrogen-bond acceptors (Lipinski definition) is 5. The van der Waals surface area contributed by atoms with Crippen LogP contribution in [0.5, 0.6) is 0 Å². The van der Waals surface area contributed by atoms with Crippen LogP contribution in [0.15, 0.2) is 29.2 Å². The number of benzene rings is 1. The van der Waals surface area contributed by atoms with Crippen LogP contribution in [0.1, 0.15) is 69.3 Å². The van der Waals surface area contributed by atoms with Gasteiger partial charge in [-0.05, 0) is 68.8 Å². The molecule has 1 unspecified atom stereocenters. The van der Waals surface area contributed by atoms with Crippen LogP contribution in [0.25, 0.3) is 0 Å². The summed E-state index contributed by atoms with van der Waals surface area (Å²) in [5.41, 5.74) is 6.48. The molecule has 1 aliphatic carbocycles. The Hall–Kier alpha value is -1.97. The van der Waals surface area contributed by atoms with Crippen LogP contribution in [-0.4, -0.2) is 66.8 Å². The van der Waals surface area contributed by atoms with E-state index in [1.807, 2.05) is 0 Å². The van der Waals surface area contributed by atoms with E-state index in [2.05, 4.69) is 4.90 Å². The van der Waals surface area contributed by atoms with Gasteiger partial charge in [-0.25, -0.2) is 8.42 Å². The fourth-order valence-electron chi connectivity index (χ4n) is 5.98. The van der Waals surface area contributed by atoms with Gasteiger partial charge in [0.2, 0.25) is 15.9 Å². The minimum Gasteiger partial charge on any atom is -0.481 e. The highest BCUT2D eigenvalue weighted by Gasteiger charge is 2.34. The van der Waals surface area contributed by atoms with E-state index in [4.69, 9.17) is 5.73 Å². The molecule has 2 heterocycles. The Morgan fingerprint density at radius 3 is 2.06 bits per heavy atom. The average molecular weight is 492 g/mol. The standard InChI is InChI=1S/C25H37N3O5S/c26-24(29)23(17-18-3-1-2-4-18)19-5-7-22(8-6-19)34(32,33)28-15-11-21(12-16-28)27-13-9-20(10-14-27)25(30)31/h5-8,18,20-21,23H,1-4,9-17H2,(H2,26,29)(H,30,31). The molecule has 1 saturated carbocycles. The van der Waals surface area contributed by atoms with Crippen molar-refractivity contribution in [3.8, 4) is 0 Å². The zero-order chi connectivity index (χ0) is 24.3. The van der Waals surface area contributed by atoms with Crippen molar-refractivity contribution in [2.24, 2.45) is 17.6 Å². The van der Waals surface area contributed by atoms with E-state index in [1.165, 1.54) is 12.8 Å². The SMILES string of the molecule is NC(=O)C(CC1CCCC1)c1ccc(S(=O)(=O)N2CCC(N3CCC(C(=O)O)CC3)CC2)cc1. The number of carbonyl (C=O) groups is 2. The number of hydrogen-bond donors (Lipinski definition) is 2. The smallest absolute Gasteiger partial charge is 0.306 e. The Bertz CT molecular complexity index is 959. The van der Waals surface area contributed by atoms with E-state index in [0.29, 0.717) is 37.9 Å². The third kappa shape index (κ3) is 5.63. The van der Waals surface area contributed by atoms with Crippen molar-refractivity contribution in [2.45, 2.75) is 74.6 Å². The summed E-state index contributed by atoms with van der Waals surface area (Å²) >= 11 is 0. The van der Waals surface area contributed by atoms with Crippen LogP contribution >= 0.6 is 0 Å². The van der Waals surface area contributed by atoms with E-state index in [0.717, 1.165) is 50.8 Å². The first-order valence-corrected chi connectivity index (χ1v) is 14.1. The molecule has 2 saturated heterocycles. The number of nitrogens with zero attached hydrogens (tertiary/aromatic N) is 2. The molecule has 8 nitrogen and oxygen atoms in total. The highest BCUT2D eigenvalue weighted by molar-refractivity contribution is 7.89. The van der Waals surface area contributed by atoms with Gasteiger partial charge < -0.3 is 15.7 Å². The number of carboxylic acids is 1. The molecule has 0 radical (unpaired) electrons. The maximum atomic E-state index is 13.2. The van der Waals surface area contributed by atoms with E-state index in [1.54, 1.807) is 28.6 Å². The van der Waals surface area contributed by atoms with Crippen LogP contribution in [0.4, 0.5) is 0 Å². The highest BCUT2D eigenvalue weighted by atomic mass is 32.2. The molecule has 34 heavy (non-hydrogen) atoms. The van der Waals surface area contributed by atoms with Gasteiger partial charge in [0, 0.05) is 19.1 Å². The normalized spacial score (nSPS) is 23.2. The Labute approximate surface area is 202 Å². The van der Waals surface area contributed by atoms with Gasteiger partial charge in [0.25, 0.3) is 0 Å². The third-order valence-electron chi connectivity index (χ3n) is 8.13. The van der Waals surface area contributed by atoms with Crippen molar-refractivity contribution in [1.29, 1.82) is 0 Å². The van der Waals surface area contributed by atoms with E-state index < -0.39 is 16.0 Å². The zero-order valence-corrected chi connectivity index (χ0v) is 20.6. The van der Waals surface area contributed by atoms with Crippen molar-refractivity contribution < 1.29 is 23.1 Å². The maximum Gasteiger partial charge on any atom is 0.306 e. The monoisotopic (exact) mass is 491 g/mol. The quantitative estimate of drug-likeness (QED) is 0.577. The molecule has 0 spiro atoms. The van der Waals surface area contributed by atoms with E-state index in [9.17, 15) is 23.1 Å². The zero-order valence-electron chi connectivity index (χ0n) is 19.8. The molecule has 0 aromatic heterocycles. The fourth-order valence-corrected chi connectivity index (χ4v) is 7.45. The predicted molar refractivity (Wildman–Crippen MR) is 129 cm³/mol. The Morgan fingerprint density at radius 2 is 1.53 bits per heavy atom. The van der Waals surface area contributed by atoms with Crippen LogP contribution < -0.4 is 5.73 Å². The summed E-state index contributed by atoms with van der Waals surface area (Å²) in [5.74, 6) is -1.19. The van der Waals surface area contributed by atoms with Gasteiger partial charge >= 0.3 is 5.97 Å². The van der Waals surface area contributed by atoms with Gasteiger partial charge in [-0.1, -0.05) is 37.8 Å². The average Bonchev–Trinajstić information content (AvgIpc) is 3.36. The number of piperidine rings is 2. The lowest BCUT2D eigenvalue weighted by Gasteiger charge is -2.40. The van der Waals surface area contributed by atoms with Crippen molar-refractivity contribution in [3.63, 3.8) is 0 Å². The van der Waals surface area contributed by atoms with E-state index in [-0.39, 0.29) is 22.6 Å². The summed E-state index contributed by atoms with van der Waals surface area (Å²) in [6, 6.07) is 7.01. The van der Waals surface area contributed by atoms with Crippen molar-refractivity contribution in [2.75, 3.05) is 26.2 Å². The molecule has 1 amide bonds. The molecular weight excluding hydrogens is 454 g/mol. The number of carboxylic acid groups (broad SMARTS) is 1. The van der Waals surface area contributed by atoms with Gasteiger partial charge in [-0.2, -0.15) is 4.31 Å². The molecule has 2 aliphatic heterocycles. The van der Waals surface area contributed by atoms with Crippen LogP contribution in [0.3, 0.4) is 0 Å².